The summed E-state index contributed by atoms with van der Waals surface area (Å²) in [4.78, 5) is 0. The largest absolute Gasteiger partial charge is 0.493 e. The van der Waals surface area contributed by atoms with Crippen molar-refractivity contribution in [1.82, 2.24) is 0 Å². The van der Waals surface area contributed by atoms with Gasteiger partial charge >= 0.3 is 0 Å². The maximum absolute atomic E-state index is 9.61. The average Bonchev–Trinajstić information content (AvgIpc) is 2.35. The Morgan fingerprint density at radius 3 is 2.19 bits per heavy atom. The lowest BCUT2D eigenvalue weighted by molar-refractivity contribution is 0.229. The molecule has 0 spiro atoms. The number of aliphatic hydroxyl groups excluding tert-OH is 1. The second-order valence-corrected chi connectivity index (χ2v) is 2.99. The molecule has 0 fully saturated rings. The lowest BCUT2D eigenvalue weighted by Gasteiger charge is -2.16. The molecule has 0 radical (unpaired) electrons. The Hall–Kier alpha value is -1.86. The van der Waals surface area contributed by atoms with E-state index < -0.39 is 6.10 Å². The molecule has 86 valence electrons. The van der Waals surface area contributed by atoms with Crippen LogP contribution in [0.4, 0.5) is 0 Å². The Labute approximate surface area is 94.8 Å². The van der Waals surface area contributed by atoms with Crippen LogP contribution in [0.25, 0.3) is 0 Å². The summed E-state index contributed by atoms with van der Waals surface area (Å²) in [5.41, 5.74) is 0.475. The molecule has 1 aromatic carbocycles. The first-order valence-electron chi connectivity index (χ1n) is 4.62. The van der Waals surface area contributed by atoms with E-state index in [0.29, 0.717) is 22.8 Å². The molecule has 0 saturated carbocycles. The zero-order valence-corrected chi connectivity index (χ0v) is 9.48. The summed E-state index contributed by atoms with van der Waals surface area (Å²) in [6.07, 6.45) is 4.13. The molecule has 1 unspecified atom stereocenters. The summed E-state index contributed by atoms with van der Waals surface area (Å²) in [5, 5.41) is 9.61. The van der Waals surface area contributed by atoms with Gasteiger partial charge in [-0.05, 0) is 12.1 Å². The monoisotopic (exact) mass is 222 g/mol. The summed E-state index contributed by atoms with van der Waals surface area (Å²) in [7, 11) is 4.49. The van der Waals surface area contributed by atoms with Crippen molar-refractivity contribution in [3.63, 3.8) is 0 Å². The quantitative estimate of drug-likeness (QED) is 0.782. The van der Waals surface area contributed by atoms with Gasteiger partial charge in [0, 0.05) is 5.56 Å². The second kappa shape index (κ2) is 5.29. The van der Waals surface area contributed by atoms with Gasteiger partial charge in [-0.3, -0.25) is 0 Å². The lowest BCUT2D eigenvalue weighted by atomic mass is 10.1. The zero-order valence-electron chi connectivity index (χ0n) is 9.48. The van der Waals surface area contributed by atoms with Gasteiger partial charge in [0.1, 0.15) is 6.10 Å². The number of benzene rings is 1. The molecule has 1 aromatic rings. The lowest BCUT2D eigenvalue weighted by Crippen LogP contribution is -2.02. The van der Waals surface area contributed by atoms with E-state index in [9.17, 15) is 5.11 Å². The van der Waals surface area contributed by atoms with E-state index in [0.717, 1.165) is 0 Å². The molecule has 1 rings (SSSR count). The number of hydrogen-bond donors (Lipinski definition) is 1. The Bertz CT molecular complexity index is 406. The van der Waals surface area contributed by atoms with Crippen molar-refractivity contribution < 1.29 is 19.3 Å². The molecule has 0 amide bonds. The van der Waals surface area contributed by atoms with Crippen LogP contribution in [0.15, 0.2) is 12.1 Å². The number of rotatable bonds is 4. The first-order valence-corrected chi connectivity index (χ1v) is 4.62. The SMILES string of the molecule is C#CC(O)c1ccc(OC)c(OC)c1OC. The van der Waals surface area contributed by atoms with Crippen LogP contribution in [0.5, 0.6) is 17.2 Å². The van der Waals surface area contributed by atoms with Crippen LogP contribution in [0.1, 0.15) is 11.7 Å². The predicted molar refractivity (Wildman–Crippen MR) is 59.9 cm³/mol. The Balaban J connectivity index is 3.38. The maximum atomic E-state index is 9.61. The van der Waals surface area contributed by atoms with Gasteiger partial charge in [0.15, 0.2) is 11.5 Å². The van der Waals surface area contributed by atoms with Gasteiger partial charge in [0.25, 0.3) is 0 Å². The molecular formula is C12H14O4. The van der Waals surface area contributed by atoms with Crippen molar-refractivity contribution in [2.75, 3.05) is 21.3 Å². The van der Waals surface area contributed by atoms with Gasteiger partial charge < -0.3 is 19.3 Å². The summed E-state index contributed by atoms with van der Waals surface area (Å²) in [6.45, 7) is 0. The van der Waals surface area contributed by atoms with Gasteiger partial charge in [-0.25, -0.2) is 0 Å². The van der Waals surface area contributed by atoms with Crippen molar-refractivity contribution in [3.05, 3.63) is 17.7 Å². The number of hydrogen-bond acceptors (Lipinski definition) is 4. The highest BCUT2D eigenvalue weighted by atomic mass is 16.5. The standard InChI is InChI=1S/C12H14O4/c1-5-9(13)8-6-7-10(14-2)12(16-4)11(8)15-3/h1,6-7,9,13H,2-4H3. The van der Waals surface area contributed by atoms with Crippen molar-refractivity contribution in [1.29, 1.82) is 0 Å². The minimum Gasteiger partial charge on any atom is -0.493 e. The molecule has 1 atom stereocenters. The van der Waals surface area contributed by atoms with Crippen molar-refractivity contribution in [2.24, 2.45) is 0 Å². The van der Waals surface area contributed by atoms with Crippen molar-refractivity contribution in [2.45, 2.75) is 6.10 Å². The fourth-order valence-corrected chi connectivity index (χ4v) is 1.43. The highest BCUT2D eigenvalue weighted by molar-refractivity contribution is 5.57. The summed E-state index contributed by atoms with van der Waals surface area (Å²) < 4.78 is 15.4. The maximum Gasteiger partial charge on any atom is 0.203 e. The molecule has 4 heteroatoms. The molecule has 0 saturated heterocycles. The van der Waals surface area contributed by atoms with Crippen LogP contribution < -0.4 is 14.2 Å². The van der Waals surface area contributed by atoms with E-state index in [1.54, 1.807) is 12.1 Å². The molecule has 0 aliphatic heterocycles. The number of ether oxygens (including phenoxy) is 3. The number of terminal acetylenes is 1. The Kier molecular flexibility index (Phi) is 4.03. The van der Waals surface area contributed by atoms with E-state index in [2.05, 4.69) is 5.92 Å². The highest BCUT2D eigenvalue weighted by Crippen LogP contribution is 2.41. The number of aliphatic hydroxyl groups is 1. The Morgan fingerprint density at radius 1 is 1.12 bits per heavy atom. The van der Waals surface area contributed by atoms with Crippen LogP contribution in [-0.4, -0.2) is 26.4 Å². The third-order valence-corrected chi connectivity index (χ3v) is 2.19. The molecule has 4 nitrogen and oxygen atoms in total. The predicted octanol–water partition coefficient (Wildman–Crippen LogP) is 1.38. The molecule has 16 heavy (non-hydrogen) atoms. The molecule has 1 N–H and O–H groups in total. The first-order chi connectivity index (χ1) is 7.69. The summed E-state index contributed by atoms with van der Waals surface area (Å²) >= 11 is 0. The third kappa shape index (κ3) is 2.05. The first kappa shape index (κ1) is 12.2. The molecule has 0 aliphatic carbocycles. The molecule has 0 heterocycles. The fraction of sp³-hybridized carbons (Fsp3) is 0.333. The summed E-state index contributed by atoms with van der Waals surface area (Å²) in [5.74, 6) is 3.54. The van der Waals surface area contributed by atoms with Gasteiger partial charge in [-0.15, -0.1) is 6.42 Å². The van der Waals surface area contributed by atoms with Crippen molar-refractivity contribution in [3.8, 4) is 29.6 Å². The van der Waals surface area contributed by atoms with Crippen LogP contribution in [0, 0.1) is 12.3 Å². The van der Waals surface area contributed by atoms with Crippen LogP contribution in [-0.2, 0) is 0 Å². The van der Waals surface area contributed by atoms with E-state index in [-0.39, 0.29) is 0 Å². The van der Waals surface area contributed by atoms with E-state index in [1.807, 2.05) is 0 Å². The number of methoxy groups -OCH3 is 3. The van der Waals surface area contributed by atoms with Gasteiger partial charge in [-0.1, -0.05) is 5.92 Å². The van der Waals surface area contributed by atoms with Crippen LogP contribution in [0.2, 0.25) is 0 Å². The highest BCUT2D eigenvalue weighted by Gasteiger charge is 2.19. The summed E-state index contributed by atoms with van der Waals surface area (Å²) in [6, 6.07) is 3.31. The van der Waals surface area contributed by atoms with Gasteiger partial charge in [-0.2, -0.15) is 0 Å². The topological polar surface area (TPSA) is 47.9 Å². The minimum atomic E-state index is -1.03. The van der Waals surface area contributed by atoms with Crippen LogP contribution >= 0.6 is 0 Å². The smallest absolute Gasteiger partial charge is 0.203 e. The third-order valence-electron chi connectivity index (χ3n) is 2.19. The molecule has 0 bridgehead atoms. The average molecular weight is 222 g/mol. The zero-order chi connectivity index (χ0) is 12.1. The second-order valence-electron chi connectivity index (χ2n) is 2.99. The van der Waals surface area contributed by atoms with Gasteiger partial charge in [0.2, 0.25) is 5.75 Å². The van der Waals surface area contributed by atoms with Crippen molar-refractivity contribution >= 4 is 0 Å². The molecule has 0 aromatic heterocycles. The minimum absolute atomic E-state index is 0.382. The normalized spacial score (nSPS) is 11.4. The molecular weight excluding hydrogens is 208 g/mol. The fourth-order valence-electron chi connectivity index (χ4n) is 1.43. The van der Waals surface area contributed by atoms with E-state index in [4.69, 9.17) is 20.6 Å². The Morgan fingerprint density at radius 2 is 1.75 bits per heavy atom. The van der Waals surface area contributed by atoms with E-state index in [1.165, 1.54) is 21.3 Å². The van der Waals surface area contributed by atoms with E-state index >= 15 is 0 Å². The van der Waals surface area contributed by atoms with Crippen LogP contribution in [0.3, 0.4) is 0 Å². The van der Waals surface area contributed by atoms with Gasteiger partial charge in [0.05, 0.1) is 21.3 Å². The molecule has 0 aliphatic rings.